The molecule has 0 bridgehead atoms. The monoisotopic (exact) mass is 505 g/mol. The summed E-state index contributed by atoms with van der Waals surface area (Å²) < 4.78 is 46.8. The standard InChI is InChI=1S/C26H27ClF3N3O2/c1-16-7-10-21(17(2)13-16)35-15-18-5-3-6-20(14-18)25(34)31-11-4-12-33-23(19-8-9-19)22(27)24(32-33)26(28,29)30/h3,5-7,10,13-14,19H,4,8-9,11-12,15H2,1-2H3,(H,31,34). The summed E-state index contributed by atoms with van der Waals surface area (Å²) in [6.07, 6.45) is -2.55. The predicted octanol–water partition coefficient (Wildman–Crippen LogP) is 6.45. The van der Waals surface area contributed by atoms with Crippen LogP contribution in [0.15, 0.2) is 42.5 Å². The fourth-order valence-corrected chi connectivity index (χ4v) is 4.41. The topological polar surface area (TPSA) is 56.1 Å². The van der Waals surface area contributed by atoms with Crippen molar-refractivity contribution in [3.8, 4) is 5.75 Å². The van der Waals surface area contributed by atoms with Crippen molar-refractivity contribution in [2.75, 3.05) is 6.54 Å². The van der Waals surface area contributed by atoms with Gasteiger partial charge in [0, 0.05) is 24.6 Å². The molecule has 0 unspecified atom stereocenters. The summed E-state index contributed by atoms with van der Waals surface area (Å²) >= 11 is 6.00. The van der Waals surface area contributed by atoms with Gasteiger partial charge in [-0.05, 0) is 62.4 Å². The number of nitrogens with zero attached hydrogens (tertiary/aromatic N) is 2. The van der Waals surface area contributed by atoms with Gasteiger partial charge in [0.25, 0.3) is 5.91 Å². The van der Waals surface area contributed by atoms with E-state index in [1.54, 1.807) is 18.2 Å². The molecule has 3 aromatic rings. The van der Waals surface area contributed by atoms with Crippen LogP contribution in [0.25, 0.3) is 0 Å². The van der Waals surface area contributed by atoms with Crippen molar-refractivity contribution in [2.24, 2.45) is 0 Å². The first-order valence-corrected chi connectivity index (χ1v) is 11.9. The van der Waals surface area contributed by atoms with E-state index in [9.17, 15) is 18.0 Å². The summed E-state index contributed by atoms with van der Waals surface area (Å²) in [6, 6.07) is 13.1. The van der Waals surface area contributed by atoms with Crippen LogP contribution in [0.2, 0.25) is 5.02 Å². The molecule has 1 saturated carbocycles. The van der Waals surface area contributed by atoms with Gasteiger partial charge < -0.3 is 10.1 Å². The Labute approximate surface area is 207 Å². The van der Waals surface area contributed by atoms with E-state index in [-0.39, 0.29) is 23.4 Å². The Morgan fingerprint density at radius 3 is 2.66 bits per heavy atom. The minimum atomic E-state index is -4.59. The molecule has 9 heteroatoms. The normalized spacial score (nSPS) is 13.7. The number of aryl methyl sites for hydroxylation is 3. The third-order valence-corrected chi connectivity index (χ3v) is 6.28. The number of rotatable bonds is 9. The molecule has 0 saturated heterocycles. The summed E-state index contributed by atoms with van der Waals surface area (Å²) in [7, 11) is 0. The SMILES string of the molecule is Cc1ccc(OCc2cccc(C(=O)NCCCn3nc(C(F)(F)F)c(Cl)c3C3CC3)c2)c(C)c1. The van der Waals surface area contributed by atoms with Crippen molar-refractivity contribution < 1.29 is 22.7 Å². The van der Waals surface area contributed by atoms with Gasteiger partial charge in [-0.15, -0.1) is 0 Å². The zero-order chi connectivity index (χ0) is 25.2. The Morgan fingerprint density at radius 2 is 1.97 bits per heavy atom. The molecule has 1 fully saturated rings. The lowest BCUT2D eigenvalue weighted by molar-refractivity contribution is -0.141. The molecule has 1 amide bonds. The number of hydrogen-bond acceptors (Lipinski definition) is 3. The number of carbonyl (C=O) groups is 1. The summed E-state index contributed by atoms with van der Waals surface area (Å²) in [5.41, 5.74) is 2.97. The van der Waals surface area contributed by atoms with Crippen molar-refractivity contribution in [3.63, 3.8) is 0 Å². The summed E-state index contributed by atoms with van der Waals surface area (Å²) in [5.74, 6) is 0.563. The van der Waals surface area contributed by atoms with Crippen molar-refractivity contribution in [1.82, 2.24) is 15.1 Å². The van der Waals surface area contributed by atoms with Crippen LogP contribution in [0.1, 0.15) is 63.6 Å². The number of benzene rings is 2. The van der Waals surface area contributed by atoms with E-state index in [0.29, 0.717) is 30.8 Å². The van der Waals surface area contributed by atoms with Gasteiger partial charge in [-0.2, -0.15) is 18.3 Å². The molecule has 1 aliphatic carbocycles. The van der Waals surface area contributed by atoms with Gasteiger partial charge in [-0.25, -0.2) is 0 Å². The van der Waals surface area contributed by atoms with Crippen molar-refractivity contribution in [2.45, 2.75) is 58.4 Å². The minimum Gasteiger partial charge on any atom is -0.489 e. The zero-order valence-corrected chi connectivity index (χ0v) is 20.3. The molecule has 5 nitrogen and oxygen atoms in total. The Kier molecular flexibility index (Phi) is 7.40. The van der Waals surface area contributed by atoms with Gasteiger partial charge in [0.1, 0.15) is 12.4 Å². The molecule has 1 aromatic heterocycles. The molecule has 0 spiro atoms. The quantitative estimate of drug-likeness (QED) is 0.340. The maximum Gasteiger partial charge on any atom is 0.436 e. The van der Waals surface area contributed by atoms with Crippen LogP contribution in [0.3, 0.4) is 0 Å². The Hall–Kier alpha value is -3.00. The van der Waals surface area contributed by atoms with Crippen LogP contribution in [-0.4, -0.2) is 22.2 Å². The predicted molar refractivity (Wildman–Crippen MR) is 128 cm³/mol. The molecule has 1 aliphatic rings. The molecule has 1 heterocycles. The number of halogens is 4. The average molecular weight is 506 g/mol. The van der Waals surface area contributed by atoms with Gasteiger partial charge in [0.05, 0.1) is 10.7 Å². The van der Waals surface area contributed by atoms with Crippen molar-refractivity contribution in [3.05, 3.63) is 81.1 Å². The second-order valence-electron chi connectivity index (χ2n) is 8.91. The zero-order valence-electron chi connectivity index (χ0n) is 19.6. The van der Waals surface area contributed by atoms with E-state index in [1.807, 2.05) is 38.1 Å². The second kappa shape index (κ2) is 10.3. The molecule has 0 radical (unpaired) electrons. The van der Waals surface area contributed by atoms with E-state index in [2.05, 4.69) is 10.4 Å². The van der Waals surface area contributed by atoms with Crippen LogP contribution >= 0.6 is 11.6 Å². The fourth-order valence-electron chi connectivity index (χ4n) is 4.01. The highest BCUT2D eigenvalue weighted by atomic mass is 35.5. The molecule has 0 atom stereocenters. The second-order valence-corrected chi connectivity index (χ2v) is 9.29. The van der Waals surface area contributed by atoms with Crippen molar-refractivity contribution >= 4 is 17.5 Å². The lowest BCUT2D eigenvalue weighted by Gasteiger charge is -2.11. The first-order chi connectivity index (χ1) is 16.6. The number of aromatic nitrogens is 2. The van der Waals surface area contributed by atoms with Crippen LogP contribution in [-0.2, 0) is 19.3 Å². The molecule has 1 N–H and O–H groups in total. The largest absolute Gasteiger partial charge is 0.489 e. The van der Waals surface area contributed by atoms with E-state index < -0.39 is 11.9 Å². The molecule has 0 aliphatic heterocycles. The van der Waals surface area contributed by atoms with Crippen molar-refractivity contribution in [1.29, 1.82) is 0 Å². The van der Waals surface area contributed by atoms with Gasteiger partial charge in [-0.3, -0.25) is 9.48 Å². The van der Waals surface area contributed by atoms with Gasteiger partial charge >= 0.3 is 6.18 Å². The van der Waals surface area contributed by atoms with Crippen LogP contribution in [0.5, 0.6) is 5.75 Å². The summed E-state index contributed by atoms with van der Waals surface area (Å²) in [4.78, 5) is 12.6. The Bertz CT molecular complexity index is 1220. The number of amides is 1. The lowest BCUT2D eigenvalue weighted by Crippen LogP contribution is -2.25. The van der Waals surface area contributed by atoms with Gasteiger partial charge in [-0.1, -0.05) is 41.4 Å². The van der Waals surface area contributed by atoms with E-state index in [4.69, 9.17) is 16.3 Å². The smallest absolute Gasteiger partial charge is 0.436 e. The number of nitrogens with one attached hydrogen (secondary N) is 1. The highest BCUT2D eigenvalue weighted by Crippen LogP contribution is 2.46. The third kappa shape index (κ3) is 6.17. The number of carbonyl (C=O) groups excluding carboxylic acids is 1. The summed E-state index contributed by atoms with van der Waals surface area (Å²) in [6.45, 7) is 4.88. The molecule has 186 valence electrons. The highest BCUT2D eigenvalue weighted by Gasteiger charge is 2.41. The minimum absolute atomic E-state index is 0.0225. The number of ether oxygens (including phenoxy) is 1. The van der Waals surface area contributed by atoms with Gasteiger partial charge in [0.2, 0.25) is 0 Å². The van der Waals surface area contributed by atoms with E-state index >= 15 is 0 Å². The van der Waals surface area contributed by atoms with Crippen LogP contribution in [0.4, 0.5) is 13.2 Å². The molecule has 4 rings (SSSR count). The average Bonchev–Trinajstić information content (AvgIpc) is 3.58. The number of alkyl halides is 3. The molecule has 35 heavy (non-hydrogen) atoms. The fraction of sp³-hybridized carbons (Fsp3) is 0.385. The third-order valence-electron chi connectivity index (χ3n) is 5.91. The van der Waals surface area contributed by atoms with Crippen LogP contribution < -0.4 is 10.1 Å². The Balaban J connectivity index is 1.31. The highest BCUT2D eigenvalue weighted by molar-refractivity contribution is 6.32. The summed E-state index contributed by atoms with van der Waals surface area (Å²) in [5, 5.41) is 6.24. The van der Waals surface area contributed by atoms with Gasteiger partial charge in [0.15, 0.2) is 5.69 Å². The maximum atomic E-state index is 13.2. The number of hydrogen-bond donors (Lipinski definition) is 1. The lowest BCUT2D eigenvalue weighted by atomic mass is 10.1. The van der Waals surface area contributed by atoms with E-state index in [1.165, 1.54) is 4.68 Å². The van der Waals surface area contributed by atoms with E-state index in [0.717, 1.165) is 35.3 Å². The first kappa shape index (κ1) is 25.1. The van der Waals surface area contributed by atoms with Crippen LogP contribution in [0, 0.1) is 13.8 Å². The molecular weight excluding hydrogens is 479 g/mol. The first-order valence-electron chi connectivity index (χ1n) is 11.5. The maximum absolute atomic E-state index is 13.2. The Morgan fingerprint density at radius 1 is 1.20 bits per heavy atom. The molecule has 2 aromatic carbocycles. The molecular formula is C26H27ClF3N3O2.